The minimum Gasteiger partial charge on any atom is -0.316 e. The normalized spacial score (nSPS) is 10.4. The zero-order valence-electron chi connectivity index (χ0n) is 16.5. The molecule has 0 aromatic heterocycles. The molecular formula is C24H37N. The van der Waals surface area contributed by atoms with Crippen molar-refractivity contribution in [3.63, 3.8) is 0 Å². The van der Waals surface area contributed by atoms with Crippen LogP contribution in [0.4, 0.5) is 0 Å². The van der Waals surface area contributed by atoms with Gasteiger partial charge < -0.3 is 5.32 Å². The first-order valence-electron chi connectivity index (χ1n) is 10.2. The third kappa shape index (κ3) is 10.1. The molecule has 0 radical (unpaired) electrons. The van der Waals surface area contributed by atoms with Crippen LogP contribution in [0.5, 0.6) is 0 Å². The lowest BCUT2D eigenvalue weighted by molar-refractivity contribution is 0.416. The van der Waals surface area contributed by atoms with Gasteiger partial charge in [0.25, 0.3) is 0 Å². The van der Waals surface area contributed by atoms with Crippen LogP contribution in [-0.2, 0) is 12.8 Å². The molecule has 0 aliphatic heterocycles. The van der Waals surface area contributed by atoms with Gasteiger partial charge in [-0.2, -0.15) is 0 Å². The van der Waals surface area contributed by atoms with Gasteiger partial charge in [-0.05, 0) is 62.2 Å². The van der Waals surface area contributed by atoms with Crippen LogP contribution in [0, 0.1) is 5.92 Å². The molecule has 0 saturated carbocycles. The second kappa shape index (κ2) is 14.7. The smallest absolute Gasteiger partial charge is 0.00203 e. The van der Waals surface area contributed by atoms with E-state index in [9.17, 15) is 0 Å². The minimum absolute atomic E-state index is 0.757. The summed E-state index contributed by atoms with van der Waals surface area (Å²) in [5.41, 5.74) is 2.93. The highest BCUT2D eigenvalue weighted by Gasteiger charge is 2.09. The van der Waals surface area contributed by atoms with Gasteiger partial charge in [0.05, 0.1) is 0 Å². The summed E-state index contributed by atoms with van der Waals surface area (Å²) in [6.45, 7) is 8.56. The Morgan fingerprint density at radius 3 is 1.68 bits per heavy atom. The number of hydrogen-bond acceptors (Lipinski definition) is 1. The maximum atomic E-state index is 3.66. The molecule has 0 unspecified atom stereocenters. The Labute approximate surface area is 155 Å². The fraction of sp³-hybridized carbons (Fsp3) is 0.500. The molecule has 2 aromatic carbocycles. The van der Waals surface area contributed by atoms with E-state index in [0.29, 0.717) is 0 Å². The predicted octanol–water partition coefficient (Wildman–Crippen LogP) is 6.28. The van der Waals surface area contributed by atoms with E-state index in [1.54, 1.807) is 0 Å². The summed E-state index contributed by atoms with van der Waals surface area (Å²) in [6, 6.07) is 21.8. The highest BCUT2D eigenvalue weighted by atomic mass is 14.8. The molecule has 0 heterocycles. The molecule has 0 amide bonds. The van der Waals surface area contributed by atoms with Gasteiger partial charge in [-0.1, -0.05) is 87.9 Å². The van der Waals surface area contributed by atoms with Crippen molar-refractivity contribution in [3.05, 3.63) is 71.8 Å². The first kappa shape index (κ1) is 21.4. The zero-order chi connectivity index (χ0) is 18.2. The fourth-order valence-corrected chi connectivity index (χ4v) is 2.99. The van der Waals surface area contributed by atoms with Crippen LogP contribution in [0.3, 0.4) is 0 Å². The summed E-state index contributed by atoms with van der Waals surface area (Å²) in [5, 5.41) is 3.66. The van der Waals surface area contributed by atoms with E-state index in [1.165, 1.54) is 49.7 Å². The molecule has 0 fully saturated rings. The lowest BCUT2D eigenvalue weighted by Gasteiger charge is -2.18. The second-order valence-corrected chi connectivity index (χ2v) is 6.47. The Balaban J connectivity index is 0.00000151. The summed E-state index contributed by atoms with van der Waals surface area (Å²) in [7, 11) is 0. The van der Waals surface area contributed by atoms with Crippen LogP contribution in [0.25, 0.3) is 0 Å². The molecule has 0 atom stereocenters. The number of unbranched alkanes of at least 4 members (excludes halogenated alkanes) is 1. The number of nitrogens with one attached hydrogen (secondary N) is 1. The van der Waals surface area contributed by atoms with E-state index in [0.717, 1.165) is 19.0 Å². The topological polar surface area (TPSA) is 12.0 Å². The molecule has 1 nitrogen and oxygen atoms in total. The van der Waals surface area contributed by atoms with Crippen molar-refractivity contribution in [1.82, 2.24) is 5.32 Å². The van der Waals surface area contributed by atoms with Gasteiger partial charge in [0.1, 0.15) is 0 Å². The predicted molar refractivity (Wildman–Crippen MR) is 112 cm³/mol. The Morgan fingerprint density at radius 2 is 1.24 bits per heavy atom. The van der Waals surface area contributed by atoms with E-state index >= 15 is 0 Å². The number of aryl methyl sites for hydroxylation is 2. The largest absolute Gasteiger partial charge is 0.316 e. The van der Waals surface area contributed by atoms with Crippen LogP contribution >= 0.6 is 0 Å². The zero-order valence-corrected chi connectivity index (χ0v) is 16.5. The first-order chi connectivity index (χ1) is 12.4. The number of hydrogen-bond donors (Lipinski definition) is 1. The van der Waals surface area contributed by atoms with Gasteiger partial charge in [0.15, 0.2) is 0 Å². The number of benzene rings is 2. The van der Waals surface area contributed by atoms with E-state index < -0.39 is 0 Å². The third-order valence-corrected chi connectivity index (χ3v) is 4.51. The highest BCUT2D eigenvalue weighted by Crippen LogP contribution is 2.16. The van der Waals surface area contributed by atoms with Crippen molar-refractivity contribution in [3.8, 4) is 0 Å². The molecule has 0 bridgehead atoms. The molecule has 1 N–H and O–H groups in total. The fourth-order valence-electron chi connectivity index (χ4n) is 2.99. The minimum atomic E-state index is 0.757. The SMILES string of the molecule is CC.CCCCNCC(CCc1ccccc1)CCc1ccccc1. The Bertz CT molecular complexity index is 463. The van der Waals surface area contributed by atoms with Crippen molar-refractivity contribution >= 4 is 0 Å². The second-order valence-electron chi connectivity index (χ2n) is 6.47. The van der Waals surface area contributed by atoms with E-state index in [1.807, 2.05) is 13.8 Å². The van der Waals surface area contributed by atoms with Crippen molar-refractivity contribution in [2.75, 3.05) is 13.1 Å². The lowest BCUT2D eigenvalue weighted by atomic mass is 9.93. The maximum absolute atomic E-state index is 3.66. The Morgan fingerprint density at radius 1 is 0.760 bits per heavy atom. The average Bonchev–Trinajstić information content (AvgIpc) is 2.70. The van der Waals surface area contributed by atoms with E-state index in [4.69, 9.17) is 0 Å². The van der Waals surface area contributed by atoms with Crippen molar-refractivity contribution in [2.45, 2.75) is 59.3 Å². The van der Waals surface area contributed by atoms with E-state index in [2.05, 4.69) is 72.9 Å². The third-order valence-electron chi connectivity index (χ3n) is 4.51. The molecule has 0 saturated heterocycles. The van der Waals surface area contributed by atoms with Crippen molar-refractivity contribution in [1.29, 1.82) is 0 Å². The van der Waals surface area contributed by atoms with Gasteiger partial charge >= 0.3 is 0 Å². The Hall–Kier alpha value is -1.60. The van der Waals surface area contributed by atoms with Gasteiger partial charge in [-0.25, -0.2) is 0 Å². The standard InChI is InChI=1S/C22H31N.C2H6/c1-2-3-18-23-19-22(16-14-20-10-6-4-7-11-20)17-15-21-12-8-5-9-13-21;1-2/h4-13,22-23H,2-3,14-19H2,1H3;1-2H3. The molecule has 0 spiro atoms. The summed E-state index contributed by atoms with van der Waals surface area (Å²) in [6.07, 6.45) is 7.48. The summed E-state index contributed by atoms with van der Waals surface area (Å²) < 4.78 is 0. The maximum Gasteiger partial charge on any atom is -0.00203 e. The molecule has 1 heteroatoms. The molecule has 138 valence electrons. The van der Waals surface area contributed by atoms with Crippen LogP contribution in [0.2, 0.25) is 0 Å². The quantitative estimate of drug-likeness (QED) is 0.475. The van der Waals surface area contributed by atoms with Crippen LogP contribution in [0.15, 0.2) is 60.7 Å². The van der Waals surface area contributed by atoms with Gasteiger partial charge in [0.2, 0.25) is 0 Å². The van der Waals surface area contributed by atoms with Crippen LogP contribution < -0.4 is 5.32 Å². The van der Waals surface area contributed by atoms with Crippen molar-refractivity contribution < 1.29 is 0 Å². The molecule has 25 heavy (non-hydrogen) atoms. The molecular weight excluding hydrogens is 302 g/mol. The van der Waals surface area contributed by atoms with Gasteiger partial charge in [-0.3, -0.25) is 0 Å². The average molecular weight is 340 g/mol. The summed E-state index contributed by atoms with van der Waals surface area (Å²) in [5.74, 6) is 0.757. The Kier molecular flexibility index (Phi) is 12.6. The molecule has 2 aromatic rings. The monoisotopic (exact) mass is 339 g/mol. The summed E-state index contributed by atoms with van der Waals surface area (Å²) in [4.78, 5) is 0. The molecule has 2 rings (SSSR count). The summed E-state index contributed by atoms with van der Waals surface area (Å²) >= 11 is 0. The van der Waals surface area contributed by atoms with E-state index in [-0.39, 0.29) is 0 Å². The van der Waals surface area contributed by atoms with Crippen LogP contribution in [0.1, 0.15) is 57.6 Å². The highest BCUT2D eigenvalue weighted by molar-refractivity contribution is 5.16. The molecule has 0 aliphatic rings. The van der Waals surface area contributed by atoms with Crippen molar-refractivity contribution in [2.24, 2.45) is 5.92 Å². The van der Waals surface area contributed by atoms with Gasteiger partial charge in [0, 0.05) is 0 Å². The first-order valence-corrected chi connectivity index (χ1v) is 10.2. The molecule has 0 aliphatic carbocycles. The lowest BCUT2D eigenvalue weighted by Crippen LogP contribution is -2.24. The van der Waals surface area contributed by atoms with Crippen LogP contribution in [-0.4, -0.2) is 13.1 Å². The number of rotatable bonds is 11. The van der Waals surface area contributed by atoms with Gasteiger partial charge in [-0.15, -0.1) is 0 Å².